The minimum absolute atomic E-state index is 0.867. The van der Waals surface area contributed by atoms with Crippen LogP contribution in [0, 0.1) is 6.92 Å². The Labute approximate surface area is 185 Å². The van der Waals surface area contributed by atoms with Gasteiger partial charge in [0.05, 0.1) is 11.4 Å². The van der Waals surface area contributed by atoms with Gasteiger partial charge in [0.1, 0.15) is 5.82 Å². The maximum absolute atomic E-state index is 5.07. The molecule has 0 atom stereocenters. The van der Waals surface area contributed by atoms with Crippen molar-refractivity contribution in [2.75, 3.05) is 49.1 Å². The standard InChI is InChI=1S/C26H33N5/c1-3-20-7-8-21(17-19(20)2)23-10-9-22-24(30-13-5-4-6-14-30)18-25(29-26(22)28-23)31-15-11-27-12-16-31/h7-10,17-18,27H,3-6,11-16H2,1-2H3. The van der Waals surface area contributed by atoms with Crippen LogP contribution in [-0.2, 0) is 6.42 Å². The predicted molar refractivity (Wildman–Crippen MR) is 130 cm³/mol. The zero-order valence-electron chi connectivity index (χ0n) is 18.8. The molecular formula is C26H33N5. The summed E-state index contributed by atoms with van der Waals surface area (Å²) in [6, 6.07) is 13.4. The lowest BCUT2D eigenvalue weighted by molar-refractivity contribution is 0.576. The van der Waals surface area contributed by atoms with Crippen LogP contribution >= 0.6 is 0 Å². The number of rotatable bonds is 4. The van der Waals surface area contributed by atoms with Crippen LogP contribution in [0.15, 0.2) is 36.4 Å². The maximum atomic E-state index is 5.07. The normalized spacial score (nSPS) is 17.4. The van der Waals surface area contributed by atoms with Gasteiger partial charge < -0.3 is 15.1 Å². The lowest BCUT2D eigenvalue weighted by Gasteiger charge is -2.32. The fourth-order valence-corrected chi connectivity index (χ4v) is 4.94. The third-order valence-electron chi connectivity index (χ3n) is 6.79. The smallest absolute Gasteiger partial charge is 0.164 e. The topological polar surface area (TPSA) is 44.3 Å². The first kappa shape index (κ1) is 20.3. The van der Waals surface area contributed by atoms with E-state index in [1.165, 1.54) is 47.0 Å². The molecule has 31 heavy (non-hydrogen) atoms. The molecule has 5 nitrogen and oxygen atoms in total. The minimum Gasteiger partial charge on any atom is -0.371 e. The molecule has 2 fully saturated rings. The molecule has 2 saturated heterocycles. The number of benzene rings is 1. The van der Waals surface area contributed by atoms with E-state index in [1.807, 2.05) is 0 Å². The molecule has 162 valence electrons. The number of hydrogen-bond acceptors (Lipinski definition) is 5. The number of aryl methyl sites for hydroxylation is 2. The molecule has 0 radical (unpaired) electrons. The molecule has 2 aliphatic rings. The number of nitrogens with one attached hydrogen (secondary N) is 1. The van der Waals surface area contributed by atoms with Crippen LogP contribution in [-0.4, -0.2) is 49.2 Å². The van der Waals surface area contributed by atoms with E-state index in [2.05, 4.69) is 65.4 Å². The monoisotopic (exact) mass is 415 g/mol. The predicted octanol–water partition coefficient (Wildman–Crippen LogP) is 4.57. The second-order valence-electron chi connectivity index (χ2n) is 8.85. The molecular weight excluding hydrogens is 382 g/mol. The quantitative estimate of drug-likeness (QED) is 0.676. The van der Waals surface area contributed by atoms with Crippen molar-refractivity contribution in [2.45, 2.75) is 39.5 Å². The fourth-order valence-electron chi connectivity index (χ4n) is 4.94. The minimum atomic E-state index is 0.867. The number of nitrogens with zero attached hydrogens (tertiary/aromatic N) is 4. The number of hydrogen-bond donors (Lipinski definition) is 1. The van der Waals surface area contributed by atoms with Gasteiger partial charge in [0.25, 0.3) is 0 Å². The van der Waals surface area contributed by atoms with Crippen molar-refractivity contribution in [1.82, 2.24) is 15.3 Å². The van der Waals surface area contributed by atoms with Crippen LogP contribution in [0.1, 0.15) is 37.3 Å². The highest BCUT2D eigenvalue weighted by atomic mass is 15.2. The van der Waals surface area contributed by atoms with Crippen molar-refractivity contribution >= 4 is 22.5 Å². The fraction of sp³-hybridized carbons (Fsp3) is 0.462. The largest absolute Gasteiger partial charge is 0.371 e. The van der Waals surface area contributed by atoms with Crippen LogP contribution < -0.4 is 15.1 Å². The van der Waals surface area contributed by atoms with E-state index in [9.17, 15) is 0 Å². The van der Waals surface area contributed by atoms with Crippen LogP contribution in [0.25, 0.3) is 22.3 Å². The Morgan fingerprint density at radius 1 is 0.871 bits per heavy atom. The summed E-state index contributed by atoms with van der Waals surface area (Å²) in [4.78, 5) is 15.1. The van der Waals surface area contributed by atoms with Crippen molar-refractivity contribution in [3.05, 3.63) is 47.5 Å². The maximum Gasteiger partial charge on any atom is 0.164 e. The first-order valence-electron chi connectivity index (χ1n) is 11.9. The van der Waals surface area contributed by atoms with Crippen LogP contribution in [0.4, 0.5) is 11.5 Å². The summed E-state index contributed by atoms with van der Waals surface area (Å²) < 4.78 is 0. The first-order chi connectivity index (χ1) is 15.2. The molecule has 1 N–H and O–H groups in total. The molecule has 0 aliphatic carbocycles. The molecule has 2 aliphatic heterocycles. The summed E-state index contributed by atoms with van der Waals surface area (Å²) in [5.41, 5.74) is 7.08. The second kappa shape index (κ2) is 8.83. The molecule has 1 aromatic carbocycles. The Morgan fingerprint density at radius 2 is 1.68 bits per heavy atom. The Hall–Kier alpha value is -2.66. The van der Waals surface area contributed by atoms with E-state index in [1.54, 1.807) is 0 Å². The van der Waals surface area contributed by atoms with Gasteiger partial charge in [-0.2, -0.15) is 0 Å². The number of fused-ring (bicyclic) bond motifs is 1. The Morgan fingerprint density at radius 3 is 2.42 bits per heavy atom. The summed E-state index contributed by atoms with van der Waals surface area (Å²) in [6.07, 6.45) is 4.93. The summed E-state index contributed by atoms with van der Waals surface area (Å²) in [6.45, 7) is 10.7. The first-order valence-corrected chi connectivity index (χ1v) is 11.9. The van der Waals surface area contributed by atoms with Crippen LogP contribution in [0.2, 0.25) is 0 Å². The molecule has 0 bridgehead atoms. The SMILES string of the molecule is CCc1ccc(-c2ccc3c(N4CCCCC4)cc(N4CCNCC4)nc3n2)cc1C. The van der Waals surface area contributed by atoms with E-state index in [-0.39, 0.29) is 0 Å². The number of aromatic nitrogens is 2. The molecule has 0 spiro atoms. The van der Waals surface area contributed by atoms with Crippen molar-refractivity contribution in [2.24, 2.45) is 0 Å². The van der Waals surface area contributed by atoms with E-state index in [4.69, 9.17) is 9.97 Å². The zero-order valence-corrected chi connectivity index (χ0v) is 18.8. The Kier molecular flexibility index (Phi) is 5.77. The van der Waals surface area contributed by atoms with Crippen LogP contribution in [0.5, 0.6) is 0 Å². The van der Waals surface area contributed by atoms with Crippen molar-refractivity contribution in [3.63, 3.8) is 0 Å². The lowest BCUT2D eigenvalue weighted by atomic mass is 10.0. The summed E-state index contributed by atoms with van der Waals surface area (Å²) in [5.74, 6) is 1.07. The summed E-state index contributed by atoms with van der Waals surface area (Å²) >= 11 is 0. The molecule has 2 aromatic heterocycles. The molecule has 0 unspecified atom stereocenters. The highest BCUT2D eigenvalue weighted by Crippen LogP contribution is 2.33. The third kappa shape index (κ3) is 4.11. The molecule has 5 heteroatoms. The Balaban J connectivity index is 1.60. The van der Waals surface area contributed by atoms with Gasteiger partial charge in [-0.3, -0.25) is 0 Å². The number of piperazine rings is 1. The highest BCUT2D eigenvalue weighted by Gasteiger charge is 2.20. The molecule has 0 amide bonds. The number of anilines is 2. The van der Waals surface area contributed by atoms with Gasteiger partial charge in [-0.1, -0.05) is 19.1 Å². The van der Waals surface area contributed by atoms with E-state index in [0.29, 0.717) is 0 Å². The van der Waals surface area contributed by atoms with Crippen LogP contribution in [0.3, 0.4) is 0 Å². The van der Waals surface area contributed by atoms with Gasteiger partial charge in [-0.05, 0) is 61.9 Å². The van der Waals surface area contributed by atoms with E-state index < -0.39 is 0 Å². The summed E-state index contributed by atoms with van der Waals surface area (Å²) in [7, 11) is 0. The van der Waals surface area contributed by atoms with Crippen molar-refractivity contribution < 1.29 is 0 Å². The Bertz CT molecular complexity index is 1060. The van der Waals surface area contributed by atoms with Crippen molar-refractivity contribution in [3.8, 4) is 11.3 Å². The third-order valence-corrected chi connectivity index (χ3v) is 6.79. The lowest BCUT2D eigenvalue weighted by Crippen LogP contribution is -2.44. The van der Waals surface area contributed by atoms with Gasteiger partial charge in [0.15, 0.2) is 5.65 Å². The van der Waals surface area contributed by atoms with Gasteiger partial charge in [-0.25, -0.2) is 9.97 Å². The molecule has 0 saturated carbocycles. The molecule has 5 rings (SSSR count). The van der Waals surface area contributed by atoms with Gasteiger partial charge in [0, 0.05) is 56.3 Å². The number of piperidine rings is 1. The van der Waals surface area contributed by atoms with Crippen molar-refractivity contribution in [1.29, 1.82) is 0 Å². The molecule has 3 aromatic rings. The molecule has 4 heterocycles. The van der Waals surface area contributed by atoms with Gasteiger partial charge >= 0.3 is 0 Å². The van der Waals surface area contributed by atoms with Gasteiger partial charge in [0.2, 0.25) is 0 Å². The summed E-state index contributed by atoms with van der Waals surface area (Å²) in [5, 5.41) is 4.62. The average Bonchev–Trinajstić information content (AvgIpc) is 2.84. The number of pyridine rings is 2. The second-order valence-corrected chi connectivity index (χ2v) is 8.85. The average molecular weight is 416 g/mol. The zero-order chi connectivity index (χ0) is 21.2. The van der Waals surface area contributed by atoms with E-state index >= 15 is 0 Å². The van der Waals surface area contributed by atoms with Gasteiger partial charge in [-0.15, -0.1) is 0 Å². The van der Waals surface area contributed by atoms with E-state index in [0.717, 1.165) is 62.8 Å². The highest BCUT2D eigenvalue weighted by molar-refractivity contribution is 5.93.